The van der Waals surface area contributed by atoms with E-state index in [0.29, 0.717) is 37.1 Å². The zero-order valence-corrected chi connectivity index (χ0v) is 20.4. The van der Waals surface area contributed by atoms with Gasteiger partial charge in [-0.05, 0) is 48.9 Å². The quantitative estimate of drug-likeness (QED) is 0.583. The first-order valence-electron chi connectivity index (χ1n) is 11.6. The molecule has 4 atom stereocenters. The van der Waals surface area contributed by atoms with Crippen LogP contribution in [0, 0.1) is 11.3 Å². The van der Waals surface area contributed by atoms with Crippen molar-refractivity contribution in [2.24, 2.45) is 11.3 Å². The zero-order chi connectivity index (χ0) is 24.0. The Balaban J connectivity index is 1.73. The van der Waals surface area contributed by atoms with Crippen LogP contribution >= 0.6 is 0 Å². The molecule has 0 saturated carbocycles. The van der Waals surface area contributed by atoms with Gasteiger partial charge >= 0.3 is 6.09 Å². The highest BCUT2D eigenvalue weighted by atomic mass is 16.5. The van der Waals surface area contributed by atoms with E-state index in [-0.39, 0.29) is 12.0 Å². The van der Waals surface area contributed by atoms with Crippen molar-refractivity contribution in [3.05, 3.63) is 59.7 Å². The molecule has 3 rings (SSSR count). The summed E-state index contributed by atoms with van der Waals surface area (Å²) in [5.41, 5.74) is 1.85. The molecule has 33 heavy (non-hydrogen) atoms. The van der Waals surface area contributed by atoms with E-state index in [9.17, 15) is 9.90 Å². The molecule has 1 amide bonds. The molecule has 0 radical (unpaired) electrons. The van der Waals surface area contributed by atoms with Crippen LogP contribution in [0.3, 0.4) is 0 Å². The normalized spacial score (nSPS) is 22.0. The van der Waals surface area contributed by atoms with Gasteiger partial charge in [-0.15, -0.1) is 0 Å². The minimum absolute atomic E-state index is 0.0552. The third kappa shape index (κ3) is 5.80. The molecule has 0 bridgehead atoms. The molecular weight excluding hydrogens is 418 g/mol. The number of aryl methyl sites for hydroxylation is 1. The van der Waals surface area contributed by atoms with E-state index in [4.69, 9.17) is 14.2 Å². The third-order valence-electron chi connectivity index (χ3n) is 7.00. The van der Waals surface area contributed by atoms with Gasteiger partial charge in [-0.1, -0.05) is 50.2 Å². The van der Waals surface area contributed by atoms with Crippen molar-refractivity contribution in [3.8, 4) is 11.5 Å². The second kappa shape index (κ2) is 10.9. The molecule has 0 aliphatic carbocycles. The number of rotatable bonds is 9. The number of aliphatic hydroxyl groups is 1. The first-order chi connectivity index (χ1) is 15.8. The van der Waals surface area contributed by atoms with Gasteiger partial charge in [0.2, 0.25) is 0 Å². The number of amides is 1. The van der Waals surface area contributed by atoms with Gasteiger partial charge in [-0.2, -0.15) is 0 Å². The van der Waals surface area contributed by atoms with Crippen LogP contribution in [0.15, 0.2) is 48.5 Å². The maximum Gasteiger partial charge on any atom is 0.409 e. The number of methoxy groups -OCH3 is 2. The minimum Gasteiger partial charge on any atom is -0.493 e. The second-order valence-corrected chi connectivity index (χ2v) is 9.44. The molecule has 6 heteroatoms. The molecule has 0 aromatic heterocycles. The van der Waals surface area contributed by atoms with Crippen LogP contribution in [0.2, 0.25) is 0 Å². The lowest BCUT2D eigenvalue weighted by atomic mass is 9.72. The Labute approximate surface area is 197 Å². The van der Waals surface area contributed by atoms with Crippen molar-refractivity contribution in [3.63, 3.8) is 0 Å². The van der Waals surface area contributed by atoms with E-state index in [1.165, 1.54) is 12.7 Å². The van der Waals surface area contributed by atoms with Crippen molar-refractivity contribution in [1.29, 1.82) is 0 Å². The van der Waals surface area contributed by atoms with Crippen molar-refractivity contribution in [2.75, 3.05) is 33.9 Å². The third-order valence-corrected chi connectivity index (χ3v) is 7.00. The predicted octanol–water partition coefficient (Wildman–Crippen LogP) is 4.90. The van der Waals surface area contributed by atoms with E-state index in [1.807, 2.05) is 31.2 Å². The average Bonchev–Trinajstić information content (AvgIpc) is 3.20. The molecule has 2 aromatic rings. The van der Waals surface area contributed by atoms with E-state index < -0.39 is 11.5 Å². The standard InChI is InChI=1S/C27H37NO5/c1-19(11-12-21-9-7-6-8-10-21)17-33-25-15-22(13-14-24(25)31-4)23-16-28(26(30)32-5)18-27(23,3)20(2)29/h6-10,13-15,19-20,23,29H,11-12,16-18H2,1-5H3/t19?,20-,23-,27-/m0/s1. The molecule has 1 N–H and O–H groups in total. The molecular formula is C27H37NO5. The molecule has 1 aliphatic rings. The minimum atomic E-state index is -0.596. The molecule has 6 nitrogen and oxygen atoms in total. The molecule has 1 fully saturated rings. The molecule has 1 saturated heterocycles. The maximum atomic E-state index is 12.2. The van der Waals surface area contributed by atoms with Gasteiger partial charge in [0.15, 0.2) is 11.5 Å². The first kappa shape index (κ1) is 24.9. The number of hydrogen-bond donors (Lipinski definition) is 1. The van der Waals surface area contributed by atoms with Crippen LogP contribution in [0.25, 0.3) is 0 Å². The summed E-state index contributed by atoms with van der Waals surface area (Å²) in [6.45, 7) is 7.48. The highest BCUT2D eigenvalue weighted by Crippen LogP contribution is 2.47. The second-order valence-electron chi connectivity index (χ2n) is 9.44. The van der Waals surface area contributed by atoms with Crippen molar-refractivity contribution >= 4 is 6.09 Å². The SMILES string of the molecule is COC(=O)N1C[C@@H](c2ccc(OC)c(OCC(C)CCc3ccccc3)c2)[C@](C)([C@H](C)O)C1. The molecule has 1 unspecified atom stereocenters. The van der Waals surface area contributed by atoms with Crippen LogP contribution in [-0.2, 0) is 11.2 Å². The van der Waals surface area contributed by atoms with Crippen LogP contribution in [0.5, 0.6) is 11.5 Å². The maximum absolute atomic E-state index is 12.2. The van der Waals surface area contributed by atoms with Crippen LogP contribution in [0.1, 0.15) is 44.2 Å². The largest absolute Gasteiger partial charge is 0.493 e. The lowest BCUT2D eigenvalue weighted by Gasteiger charge is -2.33. The van der Waals surface area contributed by atoms with Gasteiger partial charge in [0.1, 0.15) is 0 Å². The van der Waals surface area contributed by atoms with Gasteiger partial charge in [0, 0.05) is 24.4 Å². The Morgan fingerprint density at radius 2 is 1.88 bits per heavy atom. The first-order valence-corrected chi connectivity index (χ1v) is 11.6. The van der Waals surface area contributed by atoms with E-state index in [1.54, 1.807) is 18.9 Å². The molecule has 1 aliphatic heterocycles. The number of carbonyl (C=O) groups is 1. The van der Waals surface area contributed by atoms with Gasteiger partial charge in [0.25, 0.3) is 0 Å². The number of carbonyl (C=O) groups excluding carboxylic acids is 1. The predicted molar refractivity (Wildman–Crippen MR) is 129 cm³/mol. The topological polar surface area (TPSA) is 68.2 Å². The number of nitrogens with zero attached hydrogens (tertiary/aromatic N) is 1. The molecule has 2 aromatic carbocycles. The smallest absolute Gasteiger partial charge is 0.409 e. The summed E-state index contributed by atoms with van der Waals surface area (Å²) >= 11 is 0. The number of aliphatic hydroxyl groups excluding tert-OH is 1. The number of hydrogen-bond acceptors (Lipinski definition) is 5. The Hall–Kier alpha value is -2.73. The lowest BCUT2D eigenvalue weighted by molar-refractivity contribution is 0.0470. The van der Waals surface area contributed by atoms with E-state index >= 15 is 0 Å². The van der Waals surface area contributed by atoms with E-state index in [2.05, 4.69) is 31.2 Å². The number of benzene rings is 2. The van der Waals surface area contributed by atoms with Crippen LogP contribution < -0.4 is 9.47 Å². The van der Waals surface area contributed by atoms with Crippen LogP contribution in [-0.4, -0.2) is 56.1 Å². The van der Waals surface area contributed by atoms with Gasteiger partial charge in [0.05, 0.1) is 26.9 Å². The monoisotopic (exact) mass is 455 g/mol. The summed E-state index contributed by atoms with van der Waals surface area (Å²) in [5, 5.41) is 10.6. The molecule has 0 spiro atoms. The van der Waals surface area contributed by atoms with Crippen molar-refractivity contribution in [2.45, 2.75) is 45.6 Å². The Bertz CT molecular complexity index is 916. The summed E-state index contributed by atoms with van der Waals surface area (Å²) in [6.07, 6.45) is 1.08. The fourth-order valence-corrected chi connectivity index (χ4v) is 4.59. The van der Waals surface area contributed by atoms with Crippen molar-refractivity contribution < 1.29 is 24.1 Å². The summed E-state index contributed by atoms with van der Waals surface area (Å²) in [7, 11) is 3.02. The summed E-state index contributed by atoms with van der Waals surface area (Å²) < 4.78 is 16.7. The highest BCUT2D eigenvalue weighted by Gasteiger charge is 2.48. The van der Waals surface area contributed by atoms with Gasteiger partial charge in [-0.3, -0.25) is 0 Å². The van der Waals surface area contributed by atoms with Gasteiger partial charge in [-0.25, -0.2) is 4.79 Å². The summed E-state index contributed by atoms with van der Waals surface area (Å²) in [5.74, 6) is 1.68. The number of ether oxygens (including phenoxy) is 3. The molecule has 1 heterocycles. The van der Waals surface area contributed by atoms with Gasteiger partial charge < -0.3 is 24.2 Å². The van der Waals surface area contributed by atoms with Crippen LogP contribution in [0.4, 0.5) is 4.79 Å². The fraction of sp³-hybridized carbons (Fsp3) is 0.519. The summed E-state index contributed by atoms with van der Waals surface area (Å²) in [4.78, 5) is 13.8. The average molecular weight is 456 g/mol. The zero-order valence-electron chi connectivity index (χ0n) is 20.4. The Morgan fingerprint density at radius 3 is 2.52 bits per heavy atom. The Morgan fingerprint density at radius 1 is 1.15 bits per heavy atom. The molecule has 180 valence electrons. The highest BCUT2D eigenvalue weighted by molar-refractivity contribution is 5.68. The number of likely N-dealkylation sites (tertiary alicyclic amines) is 1. The van der Waals surface area contributed by atoms with Crippen molar-refractivity contribution in [1.82, 2.24) is 4.90 Å². The Kier molecular flexibility index (Phi) is 8.25. The summed E-state index contributed by atoms with van der Waals surface area (Å²) in [6, 6.07) is 16.4. The fourth-order valence-electron chi connectivity index (χ4n) is 4.59. The lowest BCUT2D eigenvalue weighted by Crippen LogP contribution is -2.38. The van der Waals surface area contributed by atoms with E-state index in [0.717, 1.165) is 18.4 Å².